The Labute approximate surface area is 123 Å². The van der Waals surface area contributed by atoms with Gasteiger partial charge in [0.05, 0.1) is 18.0 Å². The number of aliphatic hydroxyl groups is 1. The van der Waals surface area contributed by atoms with E-state index in [1.54, 1.807) is 15.6 Å². The van der Waals surface area contributed by atoms with Crippen molar-refractivity contribution in [2.75, 3.05) is 19.7 Å². The number of likely N-dealkylation sites (N-methyl/N-ethyl adjacent to an activating group) is 1. The molecule has 0 saturated heterocycles. The molecule has 0 unspecified atom stereocenters. The van der Waals surface area contributed by atoms with Crippen LogP contribution in [0.1, 0.15) is 28.8 Å². The second-order valence-electron chi connectivity index (χ2n) is 4.94. The fraction of sp³-hybridized carbons (Fsp3) is 0.500. The van der Waals surface area contributed by atoms with Crippen molar-refractivity contribution in [3.8, 4) is 11.3 Å². The molecule has 0 atom stereocenters. The lowest BCUT2D eigenvalue weighted by Gasteiger charge is -2.18. The first-order valence-corrected chi connectivity index (χ1v) is 6.95. The van der Waals surface area contributed by atoms with Gasteiger partial charge >= 0.3 is 0 Å². The van der Waals surface area contributed by atoms with Crippen molar-refractivity contribution in [2.24, 2.45) is 7.05 Å². The maximum absolute atomic E-state index is 12.3. The summed E-state index contributed by atoms with van der Waals surface area (Å²) >= 11 is 0. The zero-order valence-corrected chi connectivity index (χ0v) is 12.8. The highest BCUT2D eigenvalue weighted by atomic mass is 16.3. The summed E-state index contributed by atoms with van der Waals surface area (Å²) in [4.78, 5) is 13.9. The summed E-state index contributed by atoms with van der Waals surface area (Å²) in [6.45, 7) is 6.56. The van der Waals surface area contributed by atoms with E-state index in [2.05, 4.69) is 15.3 Å². The first-order chi connectivity index (χ1) is 9.99. The minimum Gasteiger partial charge on any atom is -0.395 e. The number of carbonyl (C=O) groups is 1. The molecule has 2 aromatic heterocycles. The predicted octanol–water partition coefficient (Wildman–Crippen LogP) is 0.881. The number of aromatic nitrogens is 4. The highest BCUT2D eigenvalue weighted by Gasteiger charge is 2.19. The van der Waals surface area contributed by atoms with Crippen molar-refractivity contribution in [3.05, 3.63) is 23.1 Å². The molecular weight excluding hydrogens is 270 g/mol. The second kappa shape index (κ2) is 6.09. The Bertz CT molecular complexity index is 644. The zero-order valence-electron chi connectivity index (χ0n) is 12.8. The fourth-order valence-electron chi connectivity index (χ4n) is 2.40. The van der Waals surface area contributed by atoms with Gasteiger partial charge in [-0.1, -0.05) is 0 Å². The van der Waals surface area contributed by atoms with Gasteiger partial charge in [0.25, 0.3) is 5.91 Å². The summed E-state index contributed by atoms with van der Waals surface area (Å²) < 4.78 is 1.80. The fourth-order valence-corrected chi connectivity index (χ4v) is 2.40. The molecule has 0 saturated carbocycles. The number of amides is 1. The van der Waals surface area contributed by atoms with Crippen LogP contribution in [0.15, 0.2) is 6.07 Å². The van der Waals surface area contributed by atoms with E-state index in [1.165, 1.54) is 0 Å². The molecule has 7 heteroatoms. The van der Waals surface area contributed by atoms with Gasteiger partial charge < -0.3 is 10.0 Å². The van der Waals surface area contributed by atoms with Crippen LogP contribution in [0, 0.1) is 13.8 Å². The topological polar surface area (TPSA) is 87.0 Å². The van der Waals surface area contributed by atoms with Crippen molar-refractivity contribution in [3.63, 3.8) is 0 Å². The molecule has 0 spiro atoms. The third-order valence-electron chi connectivity index (χ3n) is 3.61. The van der Waals surface area contributed by atoms with Gasteiger partial charge in [0.15, 0.2) is 0 Å². The largest absolute Gasteiger partial charge is 0.395 e. The van der Waals surface area contributed by atoms with Crippen LogP contribution >= 0.6 is 0 Å². The second-order valence-corrected chi connectivity index (χ2v) is 4.94. The lowest BCUT2D eigenvalue weighted by atomic mass is 10.1. The van der Waals surface area contributed by atoms with Crippen LogP contribution < -0.4 is 0 Å². The first-order valence-electron chi connectivity index (χ1n) is 6.95. The molecule has 114 valence electrons. The summed E-state index contributed by atoms with van der Waals surface area (Å²) in [6.07, 6.45) is 0. The van der Waals surface area contributed by atoms with Gasteiger partial charge in [-0.2, -0.15) is 10.2 Å². The van der Waals surface area contributed by atoms with Crippen LogP contribution in [0.4, 0.5) is 0 Å². The third-order valence-corrected chi connectivity index (χ3v) is 3.61. The van der Waals surface area contributed by atoms with Gasteiger partial charge in [0.2, 0.25) is 0 Å². The molecule has 0 fully saturated rings. The molecule has 0 bridgehead atoms. The smallest absolute Gasteiger partial charge is 0.271 e. The van der Waals surface area contributed by atoms with Gasteiger partial charge in [0, 0.05) is 31.4 Å². The van der Waals surface area contributed by atoms with Crippen molar-refractivity contribution < 1.29 is 9.90 Å². The maximum atomic E-state index is 12.3. The Kier molecular flexibility index (Phi) is 4.42. The van der Waals surface area contributed by atoms with Gasteiger partial charge in [0.1, 0.15) is 5.69 Å². The molecule has 0 radical (unpaired) electrons. The van der Waals surface area contributed by atoms with E-state index in [0.717, 1.165) is 17.0 Å². The summed E-state index contributed by atoms with van der Waals surface area (Å²) in [5.41, 5.74) is 3.95. The van der Waals surface area contributed by atoms with Crippen LogP contribution in [-0.4, -0.2) is 55.6 Å². The molecule has 0 aliphatic carbocycles. The normalized spacial score (nSPS) is 10.9. The standard InChI is InChI=1S/C14H21N5O2/c1-5-19(6-7-20)14(21)12-8-11(15-16-12)13-9(2)17-18(4)10(13)3/h8,20H,5-7H2,1-4H3,(H,15,16). The molecule has 2 rings (SSSR count). The number of nitrogens with zero attached hydrogens (tertiary/aromatic N) is 4. The SMILES string of the molecule is CCN(CCO)C(=O)c1cc(-c2c(C)nn(C)c2C)n[nH]1. The highest BCUT2D eigenvalue weighted by Crippen LogP contribution is 2.25. The molecule has 2 aromatic rings. The molecule has 1 amide bonds. The van der Waals surface area contributed by atoms with Crippen LogP contribution in [0.2, 0.25) is 0 Å². The van der Waals surface area contributed by atoms with Crippen molar-refractivity contribution in [1.82, 2.24) is 24.9 Å². The molecule has 2 heterocycles. The minimum atomic E-state index is -0.163. The number of aliphatic hydroxyl groups excluding tert-OH is 1. The van der Waals surface area contributed by atoms with E-state index >= 15 is 0 Å². The van der Waals surface area contributed by atoms with Crippen LogP contribution in [-0.2, 0) is 7.05 Å². The van der Waals surface area contributed by atoms with Gasteiger partial charge in [-0.15, -0.1) is 0 Å². The average molecular weight is 291 g/mol. The van der Waals surface area contributed by atoms with E-state index in [9.17, 15) is 4.79 Å². The molecule has 21 heavy (non-hydrogen) atoms. The highest BCUT2D eigenvalue weighted by molar-refractivity contribution is 5.93. The number of carbonyl (C=O) groups excluding carboxylic acids is 1. The number of H-pyrrole nitrogens is 1. The minimum absolute atomic E-state index is 0.0542. The lowest BCUT2D eigenvalue weighted by Crippen LogP contribution is -2.33. The molecule has 2 N–H and O–H groups in total. The number of aryl methyl sites for hydroxylation is 2. The van der Waals surface area contributed by atoms with E-state index in [0.29, 0.717) is 24.5 Å². The van der Waals surface area contributed by atoms with Gasteiger partial charge in [-0.25, -0.2) is 0 Å². The number of hydrogen-bond donors (Lipinski definition) is 2. The molecule has 0 aromatic carbocycles. The number of aromatic amines is 1. The van der Waals surface area contributed by atoms with Gasteiger partial charge in [-0.3, -0.25) is 14.6 Å². The van der Waals surface area contributed by atoms with Crippen LogP contribution in [0.3, 0.4) is 0 Å². The van der Waals surface area contributed by atoms with Crippen molar-refractivity contribution in [1.29, 1.82) is 0 Å². The molecule has 0 aliphatic rings. The summed E-state index contributed by atoms with van der Waals surface area (Å²) in [5.74, 6) is -0.163. The van der Waals surface area contributed by atoms with Gasteiger partial charge in [-0.05, 0) is 26.8 Å². The van der Waals surface area contributed by atoms with Crippen LogP contribution in [0.5, 0.6) is 0 Å². The Hall–Kier alpha value is -2.15. The lowest BCUT2D eigenvalue weighted by molar-refractivity contribution is 0.0726. The van der Waals surface area contributed by atoms with E-state index in [4.69, 9.17) is 5.11 Å². The molecule has 0 aliphatic heterocycles. The Morgan fingerprint density at radius 1 is 1.48 bits per heavy atom. The number of nitrogens with one attached hydrogen (secondary N) is 1. The van der Waals surface area contributed by atoms with E-state index in [1.807, 2.05) is 27.8 Å². The average Bonchev–Trinajstić information content (AvgIpc) is 3.01. The predicted molar refractivity (Wildman–Crippen MR) is 78.9 cm³/mol. The number of rotatable bonds is 5. The Morgan fingerprint density at radius 2 is 2.19 bits per heavy atom. The number of hydrogen-bond acceptors (Lipinski definition) is 4. The van der Waals surface area contributed by atoms with Crippen molar-refractivity contribution in [2.45, 2.75) is 20.8 Å². The monoisotopic (exact) mass is 291 g/mol. The Balaban J connectivity index is 2.31. The summed E-state index contributed by atoms with van der Waals surface area (Å²) in [5, 5.41) is 20.4. The molecular formula is C14H21N5O2. The third kappa shape index (κ3) is 2.82. The first kappa shape index (κ1) is 15.2. The maximum Gasteiger partial charge on any atom is 0.271 e. The Morgan fingerprint density at radius 3 is 2.71 bits per heavy atom. The quantitative estimate of drug-likeness (QED) is 0.856. The zero-order chi connectivity index (χ0) is 15.6. The van der Waals surface area contributed by atoms with E-state index < -0.39 is 0 Å². The van der Waals surface area contributed by atoms with E-state index in [-0.39, 0.29) is 12.5 Å². The molecule has 7 nitrogen and oxygen atoms in total. The van der Waals surface area contributed by atoms with Crippen molar-refractivity contribution >= 4 is 5.91 Å². The summed E-state index contributed by atoms with van der Waals surface area (Å²) in [7, 11) is 1.88. The summed E-state index contributed by atoms with van der Waals surface area (Å²) in [6, 6.07) is 1.74. The van der Waals surface area contributed by atoms with Crippen LogP contribution in [0.25, 0.3) is 11.3 Å².